The van der Waals surface area contributed by atoms with E-state index in [9.17, 15) is 0 Å². The summed E-state index contributed by atoms with van der Waals surface area (Å²) in [6, 6.07) is 2.08. The molecule has 2 heterocycles. The van der Waals surface area contributed by atoms with Gasteiger partial charge in [-0.2, -0.15) is 5.10 Å². The van der Waals surface area contributed by atoms with E-state index in [1.54, 1.807) is 0 Å². The number of rotatable bonds is 4. The Balaban J connectivity index is 2.22. The lowest BCUT2D eigenvalue weighted by Crippen LogP contribution is -2.19. The molecule has 2 atom stereocenters. The number of aromatic nitrogens is 2. The normalized spacial score (nSPS) is 23.1. The molecule has 2 rings (SSSR count). The number of hydrogen-bond acceptors (Lipinski definition) is 3. The van der Waals surface area contributed by atoms with Crippen LogP contribution in [0.3, 0.4) is 0 Å². The van der Waals surface area contributed by atoms with Crippen LogP contribution in [0.5, 0.6) is 0 Å². The summed E-state index contributed by atoms with van der Waals surface area (Å²) in [5.74, 6) is 0.900. The predicted octanol–water partition coefficient (Wildman–Crippen LogP) is 2.97. The van der Waals surface area contributed by atoms with E-state index in [1.807, 2.05) is 30.0 Å². The zero-order valence-corrected chi connectivity index (χ0v) is 14.1. The fraction of sp³-hybridized carbons (Fsp3) is 0.750. The van der Waals surface area contributed by atoms with Gasteiger partial charge in [0, 0.05) is 25.6 Å². The summed E-state index contributed by atoms with van der Waals surface area (Å²) in [6.07, 6.45) is 4.66. The van der Waals surface area contributed by atoms with Crippen molar-refractivity contribution < 1.29 is 4.74 Å². The summed E-state index contributed by atoms with van der Waals surface area (Å²) in [7, 11) is 3.94. The maximum absolute atomic E-state index is 5.92. The third kappa shape index (κ3) is 4.30. The molecule has 0 amide bonds. The zero-order valence-electron chi connectivity index (χ0n) is 14.1. The van der Waals surface area contributed by atoms with Crippen molar-refractivity contribution in [2.24, 2.45) is 4.99 Å². The van der Waals surface area contributed by atoms with Gasteiger partial charge in [-0.15, -0.1) is 0 Å². The largest absolute Gasteiger partial charge is 0.373 e. The van der Waals surface area contributed by atoms with Gasteiger partial charge < -0.3 is 9.64 Å². The minimum absolute atomic E-state index is 0.0253. The molecule has 0 N–H and O–H groups in total. The van der Waals surface area contributed by atoms with E-state index >= 15 is 0 Å². The summed E-state index contributed by atoms with van der Waals surface area (Å²) in [6.45, 7) is 9.43. The Labute approximate surface area is 128 Å². The molecule has 1 unspecified atom stereocenters. The highest BCUT2D eigenvalue weighted by molar-refractivity contribution is 5.59. The number of hydrogen-bond donors (Lipinski definition) is 0. The quantitative estimate of drug-likeness (QED) is 0.633. The van der Waals surface area contributed by atoms with Crippen LogP contribution in [0.15, 0.2) is 11.1 Å². The molecule has 1 aromatic rings. The van der Waals surface area contributed by atoms with E-state index in [1.165, 1.54) is 0 Å². The van der Waals surface area contributed by atoms with Crippen LogP contribution in [0.4, 0.5) is 5.82 Å². The number of aliphatic imine (C=N–C) groups is 1. The van der Waals surface area contributed by atoms with Gasteiger partial charge in [0.15, 0.2) is 5.82 Å². The van der Waals surface area contributed by atoms with E-state index in [0.717, 1.165) is 30.9 Å². The van der Waals surface area contributed by atoms with Crippen LogP contribution in [0, 0.1) is 0 Å². The van der Waals surface area contributed by atoms with E-state index in [2.05, 4.69) is 38.8 Å². The average molecular weight is 292 g/mol. The van der Waals surface area contributed by atoms with Crippen molar-refractivity contribution >= 4 is 12.2 Å². The van der Waals surface area contributed by atoms with Crippen molar-refractivity contribution in [1.29, 1.82) is 0 Å². The molecule has 118 valence electrons. The van der Waals surface area contributed by atoms with E-state index in [4.69, 9.17) is 9.84 Å². The highest BCUT2D eigenvalue weighted by Crippen LogP contribution is 2.27. The molecule has 1 aliphatic rings. The third-order valence-electron chi connectivity index (χ3n) is 3.64. The van der Waals surface area contributed by atoms with E-state index in [-0.39, 0.29) is 11.5 Å². The molecule has 0 bridgehead atoms. The van der Waals surface area contributed by atoms with Crippen LogP contribution in [0.25, 0.3) is 0 Å². The molecule has 5 heteroatoms. The van der Waals surface area contributed by atoms with Gasteiger partial charge in [-0.1, -0.05) is 20.8 Å². The first-order valence-electron chi connectivity index (χ1n) is 7.70. The number of ether oxygens (including phenoxy) is 1. The van der Waals surface area contributed by atoms with E-state index < -0.39 is 0 Å². The maximum atomic E-state index is 5.92. The molecule has 5 nitrogen and oxygen atoms in total. The van der Waals surface area contributed by atoms with Crippen LogP contribution in [0.2, 0.25) is 0 Å². The second-order valence-electron chi connectivity index (χ2n) is 7.17. The van der Waals surface area contributed by atoms with Gasteiger partial charge in [-0.05, 0) is 19.8 Å². The lowest BCUT2D eigenvalue weighted by molar-refractivity contribution is 0.0439. The monoisotopic (exact) mass is 292 g/mol. The lowest BCUT2D eigenvalue weighted by Gasteiger charge is -2.15. The molecule has 1 fully saturated rings. The molecule has 0 aromatic carbocycles. The predicted molar refractivity (Wildman–Crippen MR) is 86.3 cm³/mol. The van der Waals surface area contributed by atoms with Crippen LogP contribution < -0.4 is 0 Å². The van der Waals surface area contributed by atoms with Crippen molar-refractivity contribution in [2.75, 3.05) is 14.1 Å². The van der Waals surface area contributed by atoms with Crippen LogP contribution in [-0.4, -0.2) is 47.3 Å². The first-order chi connectivity index (χ1) is 9.75. The molecule has 0 aliphatic carbocycles. The van der Waals surface area contributed by atoms with Crippen molar-refractivity contribution in [1.82, 2.24) is 14.7 Å². The van der Waals surface area contributed by atoms with Crippen LogP contribution >= 0.6 is 0 Å². The Morgan fingerprint density at radius 2 is 2.14 bits per heavy atom. The van der Waals surface area contributed by atoms with Crippen LogP contribution in [-0.2, 0) is 16.7 Å². The van der Waals surface area contributed by atoms with Crippen molar-refractivity contribution in [3.63, 3.8) is 0 Å². The van der Waals surface area contributed by atoms with Gasteiger partial charge in [-0.25, -0.2) is 9.67 Å². The minimum Gasteiger partial charge on any atom is -0.373 e. The topological polar surface area (TPSA) is 42.7 Å². The Morgan fingerprint density at radius 1 is 1.43 bits per heavy atom. The molecule has 0 spiro atoms. The molecular weight excluding hydrogens is 264 g/mol. The fourth-order valence-electron chi connectivity index (χ4n) is 2.40. The smallest absolute Gasteiger partial charge is 0.152 e. The Hall–Kier alpha value is -1.36. The molecular formula is C16H28N4O. The Bertz CT molecular complexity index is 499. The average Bonchev–Trinajstić information content (AvgIpc) is 2.93. The van der Waals surface area contributed by atoms with Crippen LogP contribution in [0.1, 0.15) is 46.2 Å². The second kappa shape index (κ2) is 6.18. The molecule has 1 aromatic heterocycles. The molecule has 1 aliphatic heterocycles. The van der Waals surface area contributed by atoms with Gasteiger partial charge in [0.05, 0.1) is 30.8 Å². The van der Waals surface area contributed by atoms with E-state index in [0.29, 0.717) is 6.10 Å². The molecule has 0 radical (unpaired) electrons. The summed E-state index contributed by atoms with van der Waals surface area (Å²) in [5.41, 5.74) is 1.09. The standard InChI is InChI=1S/C16H28N4O/c1-12-7-8-13(21-12)10-20-15(17-11-19(5)6)9-14(18-20)16(2,3)4/h9,11-13H,7-8,10H2,1-6H3/t12-,13?/m1/s1. The fourth-order valence-corrected chi connectivity index (χ4v) is 2.40. The van der Waals surface area contributed by atoms with Gasteiger partial charge in [0.2, 0.25) is 0 Å². The summed E-state index contributed by atoms with van der Waals surface area (Å²) < 4.78 is 7.91. The second-order valence-corrected chi connectivity index (χ2v) is 7.17. The Kier molecular flexibility index (Phi) is 4.71. The van der Waals surface area contributed by atoms with Crippen molar-refractivity contribution in [2.45, 2.75) is 64.7 Å². The third-order valence-corrected chi connectivity index (χ3v) is 3.64. The van der Waals surface area contributed by atoms with Gasteiger partial charge in [0.1, 0.15) is 0 Å². The minimum atomic E-state index is 0.0253. The maximum Gasteiger partial charge on any atom is 0.152 e. The number of nitrogens with zero attached hydrogens (tertiary/aromatic N) is 4. The highest BCUT2D eigenvalue weighted by Gasteiger charge is 2.25. The zero-order chi connectivity index (χ0) is 15.6. The first-order valence-corrected chi connectivity index (χ1v) is 7.70. The van der Waals surface area contributed by atoms with Gasteiger partial charge >= 0.3 is 0 Å². The molecule has 0 saturated carbocycles. The Morgan fingerprint density at radius 3 is 2.67 bits per heavy atom. The molecule has 1 saturated heterocycles. The molecule has 21 heavy (non-hydrogen) atoms. The summed E-state index contributed by atoms with van der Waals surface area (Å²) >= 11 is 0. The van der Waals surface area contributed by atoms with Gasteiger partial charge in [0.25, 0.3) is 0 Å². The van der Waals surface area contributed by atoms with Gasteiger partial charge in [-0.3, -0.25) is 0 Å². The SMILES string of the molecule is C[C@@H]1CCC(Cn2nc(C(C)(C)C)cc2N=CN(C)C)O1. The first kappa shape index (κ1) is 16.0. The van der Waals surface area contributed by atoms with Crippen molar-refractivity contribution in [3.05, 3.63) is 11.8 Å². The highest BCUT2D eigenvalue weighted by atomic mass is 16.5. The summed E-state index contributed by atoms with van der Waals surface area (Å²) in [4.78, 5) is 6.48. The summed E-state index contributed by atoms with van der Waals surface area (Å²) in [5, 5.41) is 4.75. The lowest BCUT2D eigenvalue weighted by atomic mass is 9.92. The van der Waals surface area contributed by atoms with Crippen molar-refractivity contribution in [3.8, 4) is 0 Å².